The normalized spacial score (nSPS) is 11.3. The van der Waals surface area contributed by atoms with E-state index in [0.29, 0.717) is 22.7 Å². The van der Waals surface area contributed by atoms with Crippen molar-refractivity contribution in [3.05, 3.63) is 40.1 Å². The van der Waals surface area contributed by atoms with Crippen LogP contribution in [0.5, 0.6) is 0 Å². The SMILES string of the molecule is CCc1cc(F)c2nc(Cl)c(-c3nc(C)no3)c(C)c2c1. The van der Waals surface area contributed by atoms with Crippen LogP contribution in [0.15, 0.2) is 16.7 Å². The second-order valence-electron chi connectivity index (χ2n) is 4.88. The van der Waals surface area contributed by atoms with Gasteiger partial charge in [0.1, 0.15) is 16.5 Å². The molecule has 0 saturated heterocycles. The van der Waals surface area contributed by atoms with Gasteiger partial charge in [-0.2, -0.15) is 4.98 Å². The van der Waals surface area contributed by atoms with Gasteiger partial charge in [-0.25, -0.2) is 9.37 Å². The first kappa shape index (κ1) is 13.9. The number of aromatic nitrogens is 3. The minimum atomic E-state index is -0.373. The molecule has 0 unspecified atom stereocenters. The molecule has 21 heavy (non-hydrogen) atoms. The summed E-state index contributed by atoms with van der Waals surface area (Å²) in [6, 6.07) is 3.41. The van der Waals surface area contributed by atoms with E-state index in [0.717, 1.165) is 17.5 Å². The van der Waals surface area contributed by atoms with Gasteiger partial charge in [-0.1, -0.05) is 23.7 Å². The Hall–Kier alpha value is -2.01. The third-order valence-electron chi connectivity index (χ3n) is 3.47. The van der Waals surface area contributed by atoms with Gasteiger partial charge in [0.15, 0.2) is 5.82 Å². The molecule has 1 aromatic carbocycles. The number of hydrogen-bond donors (Lipinski definition) is 0. The summed E-state index contributed by atoms with van der Waals surface area (Å²) < 4.78 is 19.3. The van der Waals surface area contributed by atoms with Gasteiger partial charge in [0.25, 0.3) is 5.89 Å². The standard InChI is InChI=1S/C15H13ClFN3O/c1-4-9-5-10-7(2)12(15-18-8(3)20-21-15)14(16)19-13(10)11(17)6-9/h5-6H,4H2,1-3H3. The molecule has 3 aromatic rings. The van der Waals surface area contributed by atoms with Gasteiger partial charge in [0, 0.05) is 5.39 Å². The molecular weight excluding hydrogens is 293 g/mol. The van der Waals surface area contributed by atoms with Crippen LogP contribution < -0.4 is 0 Å². The van der Waals surface area contributed by atoms with Crippen LogP contribution in [0.3, 0.4) is 0 Å². The summed E-state index contributed by atoms with van der Waals surface area (Å²) in [7, 11) is 0. The average molecular weight is 306 g/mol. The quantitative estimate of drug-likeness (QED) is 0.664. The highest BCUT2D eigenvalue weighted by Crippen LogP contribution is 2.34. The van der Waals surface area contributed by atoms with Crippen LogP contribution in [0.4, 0.5) is 4.39 Å². The van der Waals surface area contributed by atoms with E-state index in [2.05, 4.69) is 15.1 Å². The van der Waals surface area contributed by atoms with Crippen LogP contribution in [-0.4, -0.2) is 15.1 Å². The van der Waals surface area contributed by atoms with Crippen molar-refractivity contribution in [2.24, 2.45) is 0 Å². The van der Waals surface area contributed by atoms with E-state index < -0.39 is 0 Å². The smallest absolute Gasteiger partial charge is 0.261 e. The lowest BCUT2D eigenvalue weighted by atomic mass is 10.0. The average Bonchev–Trinajstić information content (AvgIpc) is 2.86. The molecule has 2 heterocycles. The first-order valence-corrected chi connectivity index (χ1v) is 6.98. The van der Waals surface area contributed by atoms with Crippen molar-refractivity contribution in [1.82, 2.24) is 15.1 Å². The van der Waals surface area contributed by atoms with E-state index in [4.69, 9.17) is 16.1 Å². The van der Waals surface area contributed by atoms with Crippen molar-refractivity contribution < 1.29 is 8.91 Å². The second kappa shape index (κ2) is 5.07. The molecule has 0 radical (unpaired) electrons. The lowest BCUT2D eigenvalue weighted by Gasteiger charge is -2.10. The van der Waals surface area contributed by atoms with E-state index in [9.17, 15) is 4.39 Å². The first-order valence-electron chi connectivity index (χ1n) is 6.60. The molecule has 0 N–H and O–H groups in total. The fourth-order valence-electron chi connectivity index (χ4n) is 2.35. The van der Waals surface area contributed by atoms with Crippen molar-refractivity contribution >= 4 is 22.5 Å². The zero-order valence-corrected chi connectivity index (χ0v) is 12.6. The lowest BCUT2D eigenvalue weighted by molar-refractivity contribution is 0.425. The second-order valence-corrected chi connectivity index (χ2v) is 5.23. The fraction of sp³-hybridized carbons (Fsp3) is 0.267. The summed E-state index contributed by atoms with van der Waals surface area (Å²) in [6.07, 6.45) is 0.740. The maximum Gasteiger partial charge on any atom is 0.261 e. The van der Waals surface area contributed by atoms with Crippen LogP contribution in [0.25, 0.3) is 22.4 Å². The summed E-state index contributed by atoms with van der Waals surface area (Å²) in [5.74, 6) is 0.434. The molecule has 108 valence electrons. The number of nitrogens with zero attached hydrogens (tertiary/aromatic N) is 3. The zero-order valence-electron chi connectivity index (χ0n) is 11.9. The summed E-state index contributed by atoms with van der Waals surface area (Å²) in [5.41, 5.74) is 2.50. The number of halogens is 2. The fourth-order valence-corrected chi connectivity index (χ4v) is 2.66. The third kappa shape index (κ3) is 2.27. The number of pyridine rings is 1. The molecule has 0 spiro atoms. The number of hydrogen-bond acceptors (Lipinski definition) is 4. The van der Waals surface area contributed by atoms with Crippen molar-refractivity contribution in [1.29, 1.82) is 0 Å². The molecule has 0 aliphatic rings. The molecule has 0 aliphatic carbocycles. The molecule has 3 rings (SSSR count). The molecular formula is C15H13ClFN3O. The highest BCUT2D eigenvalue weighted by molar-refractivity contribution is 6.32. The topological polar surface area (TPSA) is 51.8 Å². The Labute approximate surface area is 126 Å². The van der Waals surface area contributed by atoms with Gasteiger partial charge in [-0.3, -0.25) is 0 Å². The molecule has 2 aromatic heterocycles. The minimum absolute atomic E-state index is 0.159. The van der Waals surface area contributed by atoms with Gasteiger partial charge in [0.2, 0.25) is 0 Å². The highest BCUT2D eigenvalue weighted by atomic mass is 35.5. The summed E-state index contributed by atoms with van der Waals surface area (Å²) in [4.78, 5) is 8.34. The largest absolute Gasteiger partial charge is 0.334 e. The molecule has 4 nitrogen and oxygen atoms in total. The van der Waals surface area contributed by atoms with Crippen LogP contribution >= 0.6 is 11.6 Å². The first-order chi connectivity index (χ1) is 10.0. The number of aryl methyl sites for hydroxylation is 3. The van der Waals surface area contributed by atoms with Crippen molar-refractivity contribution in [2.45, 2.75) is 27.2 Å². The maximum absolute atomic E-state index is 14.2. The van der Waals surface area contributed by atoms with Gasteiger partial charge in [0.05, 0.1) is 5.56 Å². The zero-order chi connectivity index (χ0) is 15.1. The van der Waals surface area contributed by atoms with Crippen LogP contribution in [0.2, 0.25) is 5.15 Å². The van der Waals surface area contributed by atoms with Gasteiger partial charge >= 0.3 is 0 Å². The molecule has 0 fully saturated rings. The monoisotopic (exact) mass is 305 g/mol. The summed E-state index contributed by atoms with van der Waals surface area (Å²) in [6.45, 7) is 5.55. The van der Waals surface area contributed by atoms with Crippen LogP contribution in [0.1, 0.15) is 23.9 Å². The Kier molecular flexibility index (Phi) is 3.37. The Bertz CT molecular complexity index is 845. The number of rotatable bonds is 2. The van der Waals surface area contributed by atoms with E-state index in [-0.39, 0.29) is 16.5 Å². The molecule has 0 aliphatic heterocycles. The molecule has 0 atom stereocenters. The Morgan fingerprint density at radius 3 is 2.62 bits per heavy atom. The molecule has 0 bridgehead atoms. The van der Waals surface area contributed by atoms with Gasteiger partial charge in [-0.05, 0) is 43.5 Å². The maximum atomic E-state index is 14.2. The Balaban J connectivity index is 2.37. The van der Waals surface area contributed by atoms with E-state index in [1.54, 1.807) is 6.92 Å². The Morgan fingerprint density at radius 2 is 2.00 bits per heavy atom. The predicted octanol–water partition coefficient (Wildman–Crippen LogP) is 4.26. The van der Waals surface area contributed by atoms with Gasteiger partial charge in [-0.15, -0.1) is 0 Å². The summed E-state index contributed by atoms with van der Waals surface area (Å²) in [5, 5.41) is 4.63. The van der Waals surface area contributed by atoms with Crippen molar-refractivity contribution in [3.63, 3.8) is 0 Å². The van der Waals surface area contributed by atoms with E-state index >= 15 is 0 Å². The van der Waals surface area contributed by atoms with Crippen LogP contribution in [0, 0.1) is 19.7 Å². The van der Waals surface area contributed by atoms with Crippen molar-refractivity contribution in [3.8, 4) is 11.5 Å². The molecule has 6 heteroatoms. The summed E-state index contributed by atoms with van der Waals surface area (Å²) >= 11 is 6.19. The van der Waals surface area contributed by atoms with Gasteiger partial charge < -0.3 is 4.52 Å². The predicted molar refractivity (Wildman–Crippen MR) is 78.9 cm³/mol. The molecule has 0 amide bonds. The minimum Gasteiger partial charge on any atom is -0.334 e. The number of fused-ring (bicyclic) bond motifs is 1. The third-order valence-corrected chi connectivity index (χ3v) is 3.74. The molecule has 0 saturated carbocycles. The van der Waals surface area contributed by atoms with E-state index in [1.165, 1.54) is 6.07 Å². The Morgan fingerprint density at radius 1 is 1.24 bits per heavy atom. The van der Waals surface area contributed by atoms with Crippen LogP contribution in [-0.2, 0) is 6.42 Å². The van der Waals surface area contributed by atoms with Crippen molar-refractivity contribution in [2.75, 3.05) is 0 Å². The highest BCUT2D eigenvalue weighted by Gasteiger charge is 2.19. The number of benzene rings is 1. The van der Waals surface area contributed by atoms with E-state index in [1.807, 2.05) is 19.9 Å². The lowest BCUT2D eigenvalue weighted by Crippen LogP contribution is -1.96.